The molecule has 0 radical (unpaired) electrons. The van der Waals surface area contributed by atoms with E-state index in [0.29, 0.717) is 5.82 Å². The van der Waals surface area contributed by atoms with Gasteiger partial charge in [-0.05, 0) is 6.42 Å². The molecule has 3 N–H and O–H groups in total. The van der Waals surface area contributed by atoms with Crippen LogP contribution in [0.2, 0.25) is 0 Å². The zero-order chi connectivity index (χ0) is 11.2. The predicted molar refractivity (Wildman–Crippen MR) is 61.8 cm³/mol. The number of nitrogens with two attached hydrogens (primary N) is 1. The lowest BCUT2D eigenvalue weighted by Crippen LogP contribution is -2.07. The SMILES string of the molecule is Nc1cnc(NCCCn2ccnc2)cn1. The molecule has 2 heterocycles. The second-order valence-electron chi connectivity index (χ2n) is 3.41. The molecule has 0 aliphatic heterocycles. The van der Waals surface area contributed by atoms with Gasteiger partial charge >= 0.3 is 0 Å². The highest BCUT2D eigenvalue weighted by Crippen LogP contribution is 2.01. The Labute approximate surface area is 93.6 Å². The average molecular weight is 218 g/mol. The molecule has 0 aliphatic carbocycles. The van der Waals surface area contributed by atoms with Crippen molar-refractivity contribution in [1.82, 2.24) is 19.5 Å². The maximum atomic E-state index is 5.43. The molecule has 0 saturated heterocycles. The summed E-state index contributed by atoms with van der Waals surface area (Å²) in [7, 11) is 0. The molecule has 6 heteroatoms. The van der Waals surface area contributed by atoms with Crippen molar-refractivity contribution in [3.63, 3.8) is 0 Å². The van der Waals surface area contributed by atoms with E-state index in [0.717, 1.165) is 25.3 Å². The minimum Gasteiger partial charge on any atom is -0.382 e. The van der Waals surface area contributed by atoms with E-state index in [2.05, 4.69) is 20.3 Å². The molecular formula is C10H14N6. The number of hydrogen-bond acceptors (Lipinski definition) is 5. The predicted octanol–water partition coefficient (Wildman–Crippen LogP) is 0.757. The van der Waals surface area contributed by atoms with Crippen molar-refractivity contribution in [2.24, 2.45) is 0 Å². The first-order valence-electron chi connectivity index (χ1n) is 5.12. The van der Waals surface area contributed by atoms with Crippen LogP contribution in [0.4, 0.5) is 11.6 Å². The van der Waals surface area contributed by atoms with Crippen molar-refractivity contribution in [2.45, 2.75) is 13.0 Å². The van der Waals surface area contributed by atoms with Crippen LogP contribution in [0.5, 0.6) is 0 Å². The topological polar surface area (TPSA) is 81.6 Å². The van der Waals surface area contributed by atoms with Gasteiger partial charge in [-0.3, -0.25) is 0 Å². The summed E-state index contributed by atoms with van der Waals surface area (Å²) < 4.78 is 2.04. The van der Waals surface area contributed by atoms with Crippen LogP contribution in [0.25, 0.3) is 0 Å². The number of rotatable bonds is 5. The zero-order valence-corrected chi connectivity index (χ0v) is 8.87. The third kappa shape index (κ3) is 2.94. The number of anilines is 2. The Morgan fingerprint density at radius 3 is 2.94 bits per heavy atom. The molecule has 16 heavy (non-hydrogen) atoms. The molecule has 0 fully saturated rings. The summed E-state index contributed by atoms with van der Waals surface area (Å²) in [6.07, 6.45) is 9.71. The van der Waals surface area contributed by atoms with E-state index < -0.39 is 0 Å². The smallest absolute Gasteiger partial charge is 0.144 e. The summed E-state index contributed by atoms with van der Waals surface area (Å²) >= 11 is 0. The number of nitrogens with one attached hydrogen (secondary N) is 1. The van der Waals surface area contributed by atoms with E-state index in [1.165, 1.54) is 6.20 Å². The Kier molecular flexibility index (Phi) is 3.32. The van der Waals surface area contributed by atoms with Gasteiger partial charge in [0.05, 0.1) is 18.7 Å². The first kappa shape index (κ1) is 10.4. The fraction of sp³-hybridized carbons (Fsp3) is 0.300. The highest BCUT2D eigenvalue weighted by molar-refractivity contribution is 5.35. The van der Waals surface area contributed by atoms with Gasteiger partial charge in [0.25, 0.3) is 0 Å². The molecular weight excluding hydrogens is 204 g/mol. The molecule has 84 valence electrons. The summed E-state index contributed by atoms with van der Waals surface area (Å²) in [4.78, 5) is 12.0. The zero-order valence-electron chi connectivity index (χ0n) is 8.87. The number of aryl methyl sites for hydroxylation is 1. The minimum absolute atomic E-state index is 0.434. The Hall–Kier alpha value is -2.11. The normalized spacial score (nSPS) is 10.2. The number of imidazole rings is 1. The van der Waals surface area contributed by atoms with Gasteiger partial charge in [0.15, 0.2) is 0 Å². The molecule has 0 atom stereocenters. The molecule has 0 aliphatic rings. The van der Waals surface area contributed by atoms with Crippen LogP contribution >= 0.6 is 0 Å². The first-order chi connectivity index (χ1) is 7.84. The Bertz CT molecular complexity index is 407. The van der Waals surface area contributed by atoms with Gasteiger partial charge in [0.2, 0.25) is 0 Å². The van der Waals surface area contributed by atoms with Gasteiger partial charge in [-0.15, -0.1) is 0 Å². The number of aromatic nitrogens is 4. The van der Waals surface area contributed by atoms with E-state index >= 15 is 0 Å². The molecule has 2 aromatic heterocycles. The summed E-state index contributed by atoms with van der Waals surface area (Å²) in [6, 6.07) is 0. The van der Waals surface area contributed by atoms with Crippen LogP contribution in [0.1, 0.15) is 6.42 Å². The third-order valence-electron chi connectivity index (χ3n) is 2.13. The van der Waals surface area contributed by atoms with E-state index in [1.54, 1.807) is 12.4 Å². The van der Waals surface area contributed by atoms with Crippen molar-refractivity contribution in [1.29, 1.82) is 0 Å². The van der Waals surface area contributed by atoms with Gasteiger partial charge in [-0.1, -0.05) is 0 Å². The van der Waals surface area contributed by atoms with Gasteiger partial charge in [0, 0.05) is 25.5 Å². The van der Waals surface area contributed by atoms with Gasteiger partial charge < -0.3 is 15.6 Å². The lowest BCUT2D eigenvalue weighted by atomic mass is 10.4. The van der Waals surface area contributed by atoms with Crippen molar-refractivity contribution in [3.8, 4) is 0 Å². The summed E-state index contributed by atoms with van der Waals surface area (Å²) in [5.41, 5.74) is 5.43. The van der Waals surface area contributed by atoms with Crippen molar-refractivity contribution in [3.05, 3.63) is 31.1 Å². The van der Waals surface area contributed by atoms with Crippen LogP contribution in [-0.4, -0.2) is 26.1 Å². The number of nitrogens with zero attached hydrogens (tertiary/aromatic N) is 4. The number of hydrogen-bond donors (Lipinski definition) is 2. The largest absolute Gasteiger partial charge is 0.382 e. The van der Waals surface area contributed by atoms with E-state index in [1.807, 2.05) is 17.1 Å². The van der Waals surface area contributed by atoms with E-state index in [4.69, 9.17) is 5.73 Å². The Morgan fingerprint density at radius 1 is 1.31 bits per heavy atom. The highest BCUT2D eigenvalue weighted by atomic mass is 15.0. The molecule has 0 saturated carbocycles. The monoisotopic (exact) mass is 218 g/mol. The summed E-state index contributed by atoms with van der Waals surface area (Å²) in [5.74, 6) is 1.18. The summed E-state index contributed by atoms with van der Waals surface area (Å²) in [6.45, 7) is 1.78. The molecule has 0 aromatic carbocycles. The fourth-order valence-corrected chi connectivity index (χ4v) is 1.33. The summed E-state index contributed by atoms with van der Waals surface area (Å²) in [5, 5.41) is 3.17. The lowest BCUT2D eigenvalue weighted by Gasteiger charge is -2.05. The lowest BCUT2D eigenvalue weighted by molar-refractivity contribution is 0.660. The van der Waals surface area contributed by atoms with Crippen molar-refractivity contribution in [2.75, 3.05) is 17.6 Å². The van der Waals surface area contributed by atoms with Gasteiger partial charge in [0.1, 0.15) is 11.6 Å². The van der Waals surface area contributed by atoms with Gasteiger partial charge in [-0.25, -0.2) is 15.0 Å². The number of nitrogen functional groups attached to an aromatic ring is 1. The van der Waals surface area contributed by atoms with Crippen LogP contribution in [0, 0.1) is 0 Å². The van der Waals surface area contributed by atoms with Crippen molar-refractivity contribution >= 4 is 11.6 Å². The highest BCUT2D eigenvalue weighted by Gasteiger charge is 1.94. The fourth-order valence-electron chi connectivity index (χ4n) is 1.33. The first-order valence-corrected chi connectivity index (χ1v) is 5.12. The maximum absolute atomic E-state index is 5.43. The van der Waals surface area contributed by atoms with E-state index in [-0.39, 0.29) is 0 Å². The minimum atomic E-state index is 0.434. The Morgan fingerprint density at radius 2 is 2.25 bits per heavy atom. The van der Waals surface area contributed by atoms with Crippen molar-refractivity contribution < 1.29 is 0 Å². The molecule has 0 bridgehead atoms. The third-order valence-corrected chi connectivity index (χ3v) is 2.13. The molecule has 0 amide bonds. The van der Waals surface area contributed by atoms with E-state index in [9.17, 15) is 0 Å². The maximum Gasteiger partial charge on any atom is 0.144 e. The molecule has 2 rings (SSSR count). The van der Waals surface area contributed by atoms with Crippen LogP contribution < -0.4 is 11.1 Å². The second-order valence-corrected chi connectivity index (χ2v) is 3.41. The quantitative estimate of drug-likeness (QED) is 0.724. The molecule has 0 unspecified atom stereocenters. The standard InChI is InChI=1S/C10H14N6/c11-9-6-15-10(7-14-9)13-2-1-4-16-5-3-12-8-16/h3,5-8H,1-2,4H2,(H2,11,14)(H,13,15). The van der Waals surface area contributed by atoms with Crippen LogP contribution in [0.3, 0.4) is 0 Å². The van der Waals surface area contributed by atoms with Crippen LogP contribution in [0.15, 0.2) is 31.1 Å². The molecule has 2 aromatic rings. The second kappa shape index (κ2) is 5.11. The molecule has 0 spiro atoms. The van der Waals surface area contributed by atoms with Crippen LogP contribution in [-0.2, 0) is 6.54 Å². The average Bonchev–Trinajstić information content (AvgIpc) is 2.80. The molecule has 6 nitrogen and oxygen atoms in total. The van der Waals surface area contributed by atoms with Gasteiger partial charge in [-0.2, -0.15) is 0 Å². The Balaban J connectivity index is 1.70.